The minimum absolute atomic E-state index is 0.262. The zero-order valence-corrected chi connectivity index (χ0v) is 18.8. The molecule has 0 spiro atoms. The molecule has 0 heterocycles. The summed E-state index contributed by atoms with van der Waals surface area (Å²) in [5, 5.41) is 0. The molecule has 0 saturated carbocycles. The first-order valence-electron chi connectivity index (χ1n) is 10.2. The van der Waals surface area contributed by atoms with Gasteiger partial charge in [-0.15, -0.1) is 0 Å². The predicted molar refractivity (Wildman–Crippen MR) is 127 cm³/mol. The fraction of sp³-hybridized carbons (Fsp3) is 0.143. The first kappa shape index (κ1) is 20.3. The van der Waals surface area contributed by atoms with Gasteiger partial charge in [-0.2, -0.15) is 0 Å². The number of hydrogen-bond donors (Lipinski definition) is 0. The fourth-order valence-electron chi connectivity index (χ4n) is 3.39. The number of hydrogen-bond acceptors (Lipinski definition) is 1. The third-order valence-electron chi connectivity index (χ3n) is 5.47. The molecule has 30 heavy (non-hydrogen) atoms. The van der Waals surface area contributed by atoms with Gasteiger partial charge in [0.15, 0.2) is 15.5 Å². The van der Waals surface area contributed by atoms with Crippen LogP contribution in [-0.2, 0) is 10.9 Å². The van der Waals surface area contributed by atoms with Crippen LogP contribution in [0.5, 0.6) is 11.5 Å². The molecule has 0 aromatic heterocycles. The third-order valence-corrected chi connectivity index (χ3v) is 7.70. The van der Waals surface area contributed by atoms with Crippen molar-refractivity contribution in [2.45, 2.75) is 42.4 Å². The number of aryl methyl sites for hydroxylation is 4. The lowest BCUT2D eigenvalue weighted by molar-refractivity contribution is 0.470. The molecule has 0 amide bonds. The van der Waals surface area contributed by atoms with Gasteiger partial charge in [0.2, 0.25) is 4.90 Å². The van der Waals surface area contributed by atoms with Gasteiger partial charge in [-0.05, 0) is 98.5 Å². The lowest BCUT2D eigenvalue weighted by atomic mass is 10.1. The van der Waals surface area contributed by atoms with E-state index >= 15 is 0 Å². The Balaban J connectivity index is 1.88. The smallest absolute Gasteiger partial charge is 0.208 e. The van der Waals surface area contributed by atoms with Crippen molar-refractivity contribution in [1.82, 2.24) is 0 Å². The topological polar surface area (TPSA) is 9.23 Å². The molecule has 0 radical (unpaired) electrons. The molecule has 2 heteroatoms. The molecule has 0 unspecified atom stereocenters. The maximum absolute atomic E-state index is 6.35. The Morgan fingerprint density at radius 2 is 1.07 bits per heavy atom. The van der Waals surface area contributed by atoms with Gasteiger partial charge in [0.1, 0.15) is 16.6 Å². The van der Waals surface area contributed by atoms with Crippen molar-refractivity contribution in [3.63, 3.8) is 0 Å². The van der Waals surface area contributed by atoms with Gasteiger partial charge in [-0.3, -0.25) is 0 Å². The van der Waals surface area contributed by atoms with E-state index in [-0.39, 0.29) is 10.9 Å². The van der Waals surface area contributed by atoms with Crippen molar-refractivity contribution in [3.05, 3.63) is 113 Å². The standard InChI is InChI=1S/C28H27OS/c1-20-14-16-25(18-22(20)3)30(26-17-15-21(2)23(4)19-26)28-13-9-8-12-27(28)29-24-10-6-5-7-11-24/h5-19H,1-4H3/q+1. The molecule has 0 N–H and O–H groups in total. The summed E-state index contributed by atoms with van der Waals surface area (Å²) < 4.78 is 6.35. The first-order valence-corrected chi connectivity index (χ1v) is 11.5. The number of para-hydroxylation sites is 2. The van der Waals surface area contributed by atoms with Crippen molar-refractivity contribution in [1.29, 1.82) is 0 Å². The molecule has 0 saturated heterocycles. The van der Waals surface area contributed by atoms with Crippen LogP contribution in [-0.4, -0.2) is 0 Å². The molecule has 0 aliphatic carbocycles. The molecule has 0 atom stereocenters. The summed E-state index contributed by atoms with van der Waals surface area (Å²) in [6, 6.07) is 32.1. The normalized spacial score (nSPS) is 11.0. The second-order valence-electron chi connectivity index (χ2n) is 7.66. The summed E-state index contributed by atoms with van der Waals surface area (Å²) in [5.41, 5.74) is 5.26. The monoisotopic (exact) mass is 411 g/mol. The van der Waals surface area contributed by atoms with Crippen LogP contribution in [0.1, 0.15) is 22.3 Å². The first-order chi connectivity index (χ1) is 14.5. The van der Waals surface area contributed by atoms with E-state index in [0.717, 1.165) is 11.5 Å². The largest absolute Gasteiger partial charge is 0.452 e. The maximum atomic E-state index is 6.35. The molecule has 0 aliphatic rings. The summed E-state index contributed by atoms with van der Waals surface area (Å²) in [4.78, 5) is 3.82. The number of benzene rings is 4. The highest BCUT2D eigenvalue weighted by Crippen LogP contribution is 2.39. The van der Waals surface area contributed by atoms with E-state index in [9.17, 15) is 0 Å². The highest BCUT2D eigenvalue weighted by molar-refractivity contribution is 7.97. The molecule has 0 fully saturated rings. The molecule has 4 aromatic carbocycles. The summed E-state index contributed by atoms with van der Waals surface area (Å²) in [6.07, 6.45) is 0. The van der Waals surface area contributed by atoms with Crippen molar-refractivity contribution >= 4 is 10.9 Å². The average molecular weight is 412 g/mol. The van der Waals surface area contributed by atoms with E-state index in [4.69, 9.17) is 4.74 Å². The quantitative estimate of drug-likeness (QED) is 0.304. The van der Waals surface area contributed by atoms with E-state index in [1.165, 1.54) is 36.9 Å². The van der Waals surface area contributed by atoms with Crippen molar-refractivity contribution < 1.29 is 4.74 Å². The molecule has 4 aromatic rings. The minimum Gasteiger partial charge on any atom is -0.452 e. The predicted octanol–water partition coefficient (Wildman–Crippen LogP) is 7.81. The van der Waals surface area contributed by atoms with Crippen molar-refractivity contribution in [2.24, 2.45) is 0 Å². The van der Waals surface area contributed by atoms with E-state index in [0.29, 0.717) is 0 Å². The van der Waals surface area contributed by atoms with Gasteiger partial charge in [0.05, 0.1) is 0 Å². The Kier molecular flexibility index (Phi) is 5.96. The van der Waals surface area contributed by atoms with Gasteiger partial charge in [-0.1, -0.05) is 42.5 Å². The van der Waals surface area contributed by atoms with Gasteiger partial charge >= 0.3 is 0 Å². The Morgan fingerprint density at radius 1 is 0.533 bits per heavy atom. The van der Waals surface area contributed by atoms with Crippen molar-refractivity contribution in [2.75, 3.05) is 0 Å². The van der Waals surface area contributed by atoms with Crippen LogP contribution in [0.15, 0.2) is 106 Å². The van der Waals surface area contributed by atoms with E-state index in [2.05, 4.69) is 82.3 Å². The Labute approximate surface area is 182 Å². The Morgan fingerprint density at radius 3 is 1.63 bits per heavy atom. The average Bonchev–Trinajstić information content (AvgIpc) is 2.75. The SMILES string of the molecule is Cc1ccc([S+](c2ccc(C)c(C)c2)c2ccccc2Oc2ccccc2)cc1C. The van der Waals surface area contributed by atoms with Crippen LogP contribution >= 0.6 is 0 Å². The van der Waals surface area contributed by atoms with E-state index < -0.39 is 0 Å². The highest BCUT2D eigenvalue weighted by atomic mass is 32.2. The van der Waals surface area contributed by atoms with Gasteiger partial charge in [0.25, 0.3) is 0 Å². The van der Waals surface area contributed by atoms with Crippen LogP contribution in [0.25, 0.3) is 0 Å². The summed E-state index contributed by atoms with van der Waals surface area (Å²) in [6.45, 7) is 8.71. The highest BCUT2D eigenvalue weighted by Gasteiger charge is 2.32. The Hall–Kier alpha value is -2.97. The van der Waals surface area contributed by atoms with E-state index in [1.807, 2.05) is 36.4 Å². The van der Waals surface area contributed by atoms with Crippen LogP contribution in [0, 0.1) is 27.7 Å². The van der Waals surface area contributed by atoms with Crippen LogP contribution in [0.3, 0.4) is 0 Å². The van der Waals surface area contributed by atoms with Gasteiger partial charge < -0.3 is 4.74 Å². The minimum atomic E-state index is -0.262. The lowest BCUT2D eigenvalue weighted by Gasteiger charge is -2.14. The van der Waals surface area contributed by atoms with Gasteiger partial charge in [-0.25, -0.2) is 0 Å². The van der Waals surface area contributed by atoms with E-state index in [1.54, 1.807) is 0 Å². The summed E-state index contributed by atoms with van der Waals surface area (Å²) >= 11 is 0. The van der Waals surface area contributed by atoms with Crippen LogP contribution in [0.4, 0.5) is 0 Å². The second kappa shape index (κ2) is 8.81. The molecule has 4 rings (SSSR count). The molecule has 150 valence electrons. The second-order valence-corrected chi connectivity index (χ2v) is 9.66. The molecular weight excluding hydrogens is 384 g/mol. The zero-order valence-electron chi connectivity index (χ0n) is 18.0. The number of rotatable bonds is 5. The molecule has 1 nitrogen and oxygen atoms in total. The van der Waals surface area contributed by atoms with Crippen LogP contribution < -0.4 is 4.74 Å². The van der Waals surface area contributed by atoms with Crippen LogP contribution in [0.2, 0.25) is 0 Å². The van der Waals surface area contributed by atoms with Crippen molar-refractivity contribution in [3.8, 4) is 11.5 Å². The summed E-state index contributed by atoms with van der Waals surface area (Å²) in [5.74, 6) is 1.76. The number of ether oxygens (including phenoxy) is 1. The van der Waals surface area contributed by atoms with Gasteiger partial charge in [0, 0.05) is 0 Å². The summed E-state index contributed by atoms with van der Waals surface area (Å²) in [7, 11) is -0.262. The third kappa shape index (κ3) is 4.29. The lowest BCUT2D eigenvalue weighted by Crippen LogP contribution is -2.08. The maximum Gasteiger partial charge on any atom is 0.208 e. The molecule has 0 bridgehead atoms. The zero-order chi connectivity index (χ0) is 21.1. The molecular formula is C28H27OS+. The molecule has 0 aliphatic heterocycles. The fourth-order valence-corrected chi connectivity index (χ4v) is 5.69. The Bertz CT molecular complexity index is 1110.